The number of nitrogens with one attached hydrogen (secondary N) is 2. The molecule has 1 saturated carbocycles. The van der Waals surface area contributed by atoms with E-state index in [0.29, 0.717) is 6.04 Å². The first-order chi connectivity index (χ1) is 9.19. The maximum absolute atomic E-state index is 4.52. The summed E-state index contributed by atoms with van der Waals surface area (Å²) in [6, 6.07) is 2.52. The van der Waals surface area contributed by atoms with Crippen molar-refractivity contribution in [3.63, 3.8) is 0 Å². The molecule has 0 saturated heterocycles. The standard InChI is InChI=1S/C15H26N4/c1-4-16-15-17-11(2)10-14(19-15)18-12(3)13-8-6-5-7-9-13/h10,12-13H,4-9H2,1-3H3,(H2,16,17,18,19). The van der Waals surface area contributed by atoms with Gasteiger partial charge in [0.05, 0.1) is 0 Å². The second kappa shape index (κ2) is 6.73. The van der Waals surface area contributed by atoms with Gasteiger partial charge in [0.25, 0.3) is 0 Å². The molecule has 0 radical (unpaired) electrons. The zero-order valence-electron chi connectivity index (χ0n) is 12.4. The van der Waals surface area contributed by atoms with Crippen LogP contribution >= 0.6 is 0 Å². The third-order valence-electron chi connectivity index (χ3n) is 3.92. The Morgan fingerprint density at radius 3 is 2.68 bits per heavy atom. The van der Waals surface area contributed by atoms with Crippen LogP contribution in [-0.2, 0) is 0 Å². The molecule has 1 aliphatic rings. The van der Waals surface area contributed by atoms with Gasteiger partial charge in [-0.2, -0.15) is 4.98 Å². The first-order valence-electron chi connectivity index (χ1n) is 7.55. The van der Waals surface area contributed by atoms with E-state index >= 15 is 0 Å². The molecule has 0 aromatic carbocycles. The predicted molar refractivity (Wildman–Crippen MR) is 80.6 cm³/mol. The molecule has 0 spiro atoms. The van der Waals surface area contributed by atoms with E-state index in [2.05, 4.69) is 34.4 Å². The van der Waals surface area contributed by atoms with Crippen molar-refractivity contribution >= 4 is 11.8 Å². The van der Waals surface area contributed by atoms with E-state index < -0.39 is 0 Å². The summed E-state index contributed by atoms with van der Waals surface area (Å²) >= 11 is 0. The number of hydrogen-bond acceptors (Lipinski definition) is 4. The third-order valence-corrected chi connectivity index (χ3v) is 3.92. The minimum absolute atomic E-state index is 0.490. The summed E-state index contributed by atoms with van der Waals surface area (Å²) in [4.78, 5) is 8.91. The van der Waals surface area contributed by atoms with Gasteiger partial charge in [-0.15, -0.1) is 0 Å². The molecule has 1 unspecified atom stereocenters. The summed E-state index contributed by atoms with van der Waals surface area (Å²) in [6.45, 7) is 7.20. The van der Waals surface area contributed by atoms with Crippen LogP contribution in [0, 0.1) is 12.8 Å². The monoisotopic (exact) mass is 262 g/mol. The van der Waals surface area contributed by atoms with Crippen LogP contribution in [0.3, 0.4) is 0 Å². The lowest BCUT2D eigenvalue weighted by Crippen LogP contribution is -2.28. The van der Waals surface area contributed by atoms with E-state index in [-0.39, 0.29) is 0 Å². The van der Waals surface area contributed by atoms with Crippen LogP contribution in [-0.4, -0.2) is 22.6 Å². The molecule has 1 atom stereocenters. The number of rotatable bonds is 5. The summed E-state index contributed by atoms with van der Waals surface area (Å²) in [5, 5.41) is 6.74. The number of hydrogen-bond donors (Lipinski definition) is 2. The third kappa shape index (κ3) is 4.08. The minimum Gasteiger partial charge on any atom is -0.367 e. The van der Waals surface area contributed by atoms with Gasteiger partial charge in [0.2, 0.25) is 5.95 Å². The van der Waals surface area contributed by atoms with Gasteiger partial charge in [-0.1, -0.05) is 19.3 Å². The van der Waals surface area contributed by atoms with Crippen LogP contribution in [0.2, 0.25) is 0 Å². The highest BCUT2D eigenvalue weighted by molar-refractivity contribution is 5.42. The average Bonchev–Trinajstić information content (AvgIpc) is 2.39. The highest BCUT2D eigenvalue weighted by Crippen LogP contribution is 2.27. The Morgan fingerprint density at radius 1 is 1.26 bits per heavy atom. The molecule has 4 nitrogen and oxygen atoms in total. The highest BCUT2D eigenvalue weighted by atomic mass is 15.1. The Kier molecular flexibility index (Phi) is 5.00. The van der Waals surface area contributed by atoms with Crippen molar-refractivity contribution in [2.75, 3.05) is 17.2 Å². The lowest BCUT2D eigenvalue weighted by Gasteiger charge is -2.28. The lowest BCUT2D eigenvalue weighted by atomic mass is 9.84. The first kappa shape index (κ1) is 14.1. The number of anilines is 2. The fourth-order valence-corrected chi connectivity index (χ4v) is 2.86. The molecule has 1 aliphatic carbocycles. The molecular weight excluding hydrogens is 236 g/mol. The molecule has 1 heterocycles. The molecule has 4 heteroatoms. The summed E-state index contributed by atoms with van der Waals surface area (Å²) < 4.78 is 0. The van der Waals surface area contributed by atoms with Crippen molar-refractivity contribution < 1.29 is 0 Å². The zero-order chi connectivity index (χ0) is 13.7. The van der Waals surface area contributed by atoms with Crippen LogP contribution in [0.15, 0.2) is 6.07 Å². The fourth-order valence-electron chi connectivity index (χ4n) is 2.86. The van der Waals surface area contributed by atoms with Gasteiger partial charge in [0.15, 0.2) is 0 Å². The van der Waals surface area contributed by atoms with Gasteiger partial charge in [-0.25, -0.2) is 4.98 Å². The van der Waals surface area contributed by atoms with Crippen molar-refractivity contribution in [2.24, 2.45) is 5.92 Å². The van der Waals surface area contributed by atoms with E-state index in [9.17, 15) is 0 Å². The van der Waals surface area contributed by atoms with Crippen LogP contribution in [0.5, 0.6) is 0 Å². The summed E-state index contributed by atoms with van der Waals surface area (Å²) in [6.07, 6.45) is 6.85. The average molecular weight is 262 g/mol. The Morgan fingerprint density at radius 2 is 2.00 bits per heavy atom. The van der Waals surface area contributed by atoms with E-state index in [0.717, 1.165) is 29.9 Å². The highest BCUT2D eigenvalue weighted by Gasteiger charge is 2.20. The fraction of sp³-hybridized carbons (Fsp3) is 0.733. The molecule has 106 valence electrons. The van der Waals surface area contributed by atoms with Crippen LogP contribution in [0.4, 0.5) is 11.8 Å². The second-order valence-corrected chi connectivity index (χ2v) is 5.58. The van der Waals surface area contributed by atoms with Gasteiger partial charge in [0.1, 0.15) is 5.82 Å². The maximum Gasteiger partial charge on any atom is 0.224 e. The molecule has 0 amide bonds. The van der Waals surface area contributed by atoms with E-state index in [4.69, 9.17) is 0 Å². The molecule has 0 aliphatic heterocycles. The molecular formula is C15H26N4. The summed E-state index contributed by atoms with van der Waals surface area (Å²) in [5.41, 5.74) is 1.00. The molecule has 19 heavy (non-hydrogen) atoms. The van der Waals surface area contributed by atoms with Gasteiger partial charge in [-0.05, 0) is 39.5 Å². The van der Waals surface area contributed by atoms with Gasteiger partial charge in [0, 0.05) is 24.3 Å². The molecule has 0 bridgehead atoms. The maximum atomic E-state index is 4.52. The van der Waals surface area contributed by atoms with Crippen molar-refractivity contribution in [2.45, 2.75) is 58.9 Å². The van der Waals surface area contributed by atoms with Crippen LogP contribution < -0.4 is 10.6 Å². The van der Waals surface area contributed by atoms with Gasteiger partial charge >= 0.3 is 0 Å². The van der Waals surface area contributed by atoms with E-state index in [1.807, 2.05) is 13.0 Å². The molecule has 1 aromatic heterocycles. The Bertz CT molecular complexity index is 399. The summed E-state index contributed by atoms with van der Waals surface area (Å²) in [5.74, 6) is 2.45. The normalized spacial score (nSPS) is 18.1. The van der Waals surface area contributed by atoms with Crippen LogP contribution in [0.25, 0.3) is 0 Å². The first-order valence-corrected chi connectivity index (χ1v) is 7.55. The van der Waals surface area contributed by atoms with Crippen LogP contribution in [0.1, 0.15) is 51.6 Å². The zero-order valence-corrected chi connectivity index (χ0v) is 12.4. The Labute approximate surface area is 116 Å². The minimum atomic E-state index is 0.490. The van der Waals surface area contributed by atoms with Gasteiger partial charge in [-0.3, -0.25) is 0 Å². The summed E-state index contributed by atoms with van der Waals surface area (Å²) in [7, 11) is 0. The lowest BCUT2D eigenvalue weighted by molar-refractivity contribution is 0.328. The molecule has 2 N–H and O–H groups in total. The van der Waals surface area contributed by atoms with Crippen molar-refractivity contribution in [1.29, 1.82) is 0 Å². The number of aromatic nitrogens is 2. The number of nitrogens with zero attached hydrogens (tertiary/aromatic N) is 2. The molecule has 2 rings (SSSR count). The largest absolute Gasteiger partial charge is 0.367 e. The second-order valence-electron chi connectivity index (χ2n) is 5.58. The van der Waals surface area contributed by atoms with Crippen molar-refractivity contribution in [3.8, 4) is 0 Å². The molecule has 1 aromatic rings. The van der Waals surface area contributed by atoms with Gasteiger partial charge < -0.3 is 10.6 Å². The van der Waals surface area contributed by atoms with E-state index in [1.54, 1.807) is 0 Å². The number of aryl methyl sites for hydroxylation is 1. The predicted octanol–water partition coefficient (Wildman–Crippen LogP) is 3.60. The SMILES string of the molecule is CCNc1nc(C)cc(NC(C)C2CCCCC2)n1. The Balaban J connectivity index is 2.00. The Hall–Kier alpha value is -1.32. The molecule has 1 fully saturated rings. The van der Waals surface area contributed by atoms with Crippen molar-refractivity contribution in [3.05, 3.63) is 11.8 Å². The topological polar surface area (TPSA) is 49.8 Å². The van der Waals surface area contributed by atoms with E-state index in [1.165, 1.54) is 32.1 Å². The quantitative estimate of drug-likeness (QED) is 0.851. The smallest absolute Gasteiger partial charge is 0.224 e. The van der Waals surface area contributed by atoms with Crippen molar-refractivity contribution in [1.82, 2.24) is 9.97 Å².